The Balaban J connectivity index is 2.09. The van der Waals surface area contributed by atoms with Crippen molar-refractivity contribution in [3.05, 3.63) is 53.1 Å². The van der Waals surface area contributed by atoms with Gasteiger partial charge in [-0.2, -0.15) is 0 Å². The maximum atomic E-state index is 12.8. The molecule has 2 aromatic carbocycles. The summed E-state index contributed by atoms with van der Waals surface area (Å²) in [5, 5.41) is 3.11. The fraction of sp³-hybridized carbons (Fsp3) is 0.167. The van der Waals surface area contributed by atoms with Crippen molar-refractivity contribution < 1.29 is 14.3 Å². The highest BCUT2D eigenvalue weighted by Gasteiger charge is 2.12. The van der Waals surface area contributed by atoms with E-state index in [-0.39, 0.29) is 11.5 Å². The van der Waals surface area contributed by atoms with Crippen molar-refractivity contribution in [1.29, 1.82) is 0 Å². The van der Waals surface area contributed by atoms with Crippen LogP contribution >= 0.6 is 0 Å². The number of nitrogens with one attached hydrogen (secondary N) is 1. The van der Waals surface area contributed by atoms with Gasteiger partial charge in [0.15, 0.2) is 11.5 Å². The number of benzene rings is 2. The molecule has 1 aromatic heterocycles. The number of anilines is 1. The fourth-order valence-corrected chi connectivity index (χ4v) is 2.54. The van der Waals surface area contributed by atoms with Crippen molar-refractivity contribution in [1.82, 2.24) is 9.55 Å². The predicted molar refractivity (Wildman–Crippen MR) is 94.7 cm³/mol. The van der Waals surface area contributed by atoms with E-state index in [1.165, 1.54) is 32.0 Å². The molecule has 0 spiro atoms. The topological polar surface area (TPSA) is 82.5 Å². The van der Waals surface area contributed by atoms with Crippen molar-refractivity contribution in [3.63, 3.8) is 0 Å². The van der Waals surface area contributed by atoms with Crippen LogP contribution in [0, 0.1) is 0 Å². The highest BCUT2D eigenvalue weighted by Crippen LogP contribution is 2.30. The Labute approximate surface area is 143 Å². The number of nitrogens with zero attached hydrogens (tertiary/aromatic N) is 2. The molecule has 0 radical (unpaired) electrons. The predicted octanol–water partition coefficient (Wildman–Crippen LogP) is 2.36. The van der Waals surface area contributed by atoms with Crippen molar-refractivity contribution in [2.24, 2.45) is 0 Å². The van der Waals surface area contributed by atoms with E-state index in [2.05, 4.69) is 10.3 Å². The molecule has 1 heterocycles. The summed E-state index contributed by atoms with van der Waals surface area (Å²) in [7, 11) is 3.04. The fourth-order valence-electron chi connectivity index (χ4n) is 2.54. The number of methoxy groups -OCH3 is 2. The lowest BCUT2D eigenvalue weighted by molar-refractivity contribution is -0.114. The zero-order valence-electron chi connectivity index (χ0n) is 14.1. The molecule has 3 aromatic rings. The number of hydrogen-bond acceptors (Lipinski definition) is 5. The first-order valence-corrected chi connectivity index (χ1v) is 7.55. The van der Waals surface area contributed by atoms with Gasteiger partial charge in [0, 0.05) is 18.7 Å². The van der Waals surface area contributed by atoms with Crippen LogP contribution in [-0.2, 0) is 4.79 Å². The maximum Gasteiger partial charge on any atom is 0.265 e. The average molecular weight is 339 g/mol. The van der Waals surface area contributed by atoms with Gasteiger partial charge < -0.3 is 14.8 Å². The Hall–Kier alpha value is -3.35. The first-order chi connectivity index (χ1) is 12.0. The summed E-state index contributed by atoms with van der Waals surface area (Å²) in [4.78, 5) is 28.2. The van der Waals surface area contributed by atoms with Gasteiger partial charge in [-0.25, -0.2) is 4.98 Å². The second-order valence-electron chi connectivity index (χ2n) is 5.37. The van der Waals surface area contributed by atoms with Crippen LogP contribution in [0.4, 0.5) is 5.69 Å². The van der Waals surface area contributed by atoms with E-state index in [0.29, 0.717) is 33.8 Å². The number of aromatic nitrogens is 2. The van der Waals surface area contributed by atoms with Crippen LogP contribution in [0.15, 0.2) is 47.5 Å². The number of carbonyl (C=O) groups is 1. The van der Waals surface area contributed by atoms with Crippen LogP contribution in [0.3, 0.4) is 0 Å². The number of carbonyl (C=O) groups excluding carboxylic acids is 1. The Morgan fingerprint density at radius 1 is 1.08 bits per heavy atom. The average Bonchev–Trinajstić information content (AvgIpc) is 2.61. The van der Waals surface area contributed by atoms with Crippen LogP contribution in [0.2, 0.25) is 0 Å². The zero-order chi connectivity index (χ0) is 18.0. The van der Waals surface area contributed by atoms with Gasteiger partial charge in [-0.15, -0.1) is 0 Å². The normalized spacial score (nSPS) is 10.5. The van der Waals surface area contributed by atoms with Gasteiger partial charge in [0.2, 0.25) is 5.91 Å². The summed E-state index contributed by atoms with van der Waals surface area (Å²) in [6, 6.07) is 10.2. The van der Waals surface area contributed by atoms with Crippen molar-refractivity contribution in [2.75, 3.05) is 19.5 Å². The first kappa shape index (κ1) is 16.5. The summed E-state index contributed by atoms with van der Waals surface area (Å²) >= 11 is 0. The summed E-state index contributed by atoms with van der Waals surface area (Å²) < 4.78 is 11.9. The van der Waals surface area contributed by atoms with Crippen molar-refractivity contribution in [2.45, 2.75) is 6.92 Å². The van der Waals surface area contributed by atoms with Crippen LogP contribution < -0.4 is 20.3 Å². The van der Waals surface area contributed by atoms with Gasteiger partial charge in [-0.1, -0.05) is 0 Å². The molecule has 0 aliphatic heterocycles. The molecular weight excluding hydrogens is 322 g/mol. The molecule has 0 atom stereocenters. The van der Waals surface area contributed by atoms with E-state index < -0.39 is 0 Å². The zero-order valence-corrected chi connectivity index (χ0v) is 14.1. The van der Waals surface area contributed by atoms with E-state index in [1.54, 1.807) is 36.4 Å². The molecule has 0 fully saturated rings. The first-order valence-electron chi connectivity index (χ1n) is 7.55. The number of rotatable bonds is 4. The van der Waals surface area contributed by atoms with Gasteiger partial charge in [0.05, 0.1) is 30.8 Å². The third kappa shape index (κ3) is 3.16. The van der Waals surface area contributed by atoms with Gasteiger partial charge in [0.25, 0.3) is 5.56 Å². The highest BCUT2D eigenvalue weighted by atomic mass is 16.5. The van der Waals surface area contributed by atoms with E-state index in [9.17, 15) is 9.59 Å². The number of hydrogen-bond donors (Lipinski definition) is 1. The second-order valence-corrected chi connectivity index (χ2v) is 5.37. The quantitative estimate of drug-likeness (QED) is 0.789. The van der Waals surface area contributed by atoms with E-state index in [4.69, 9.17) is 9.47 Å². The maximum absolute atomic E-state index is 12.8. The monoisotopic (exact) mass is 339 g/mol. The molecule has 0 saturated carbocycles. The van der Waals surface area contributed by atoms with E-state index in [1.807, 2.05) is 0 Å². The lowest BCUT2D eigenvalue weighted by Gasteiger charge is -2.11. The molecule has 128 valence electrons. The molecule has 0 unspecified atom stereocenters. The molecule has 1 amide bonds. The van der Waals surface area contributed by atoms with Crippen LogP contribution in [0.5, 0.6) is 11.5 Å². The van der Waals surface area contributed by atoms with Gasteiger partial charge in [-0.05, 0) is 30.3 Å². The minimum atomic E-state index is -0.224. The molecule has 0 saturated heterocycles. The molecule has 0 bridgehead atoms. The third-order valence-corrected chi connectivity index (χ3v) is 3.73. The molecule has 0 aliphatic rings. The largest absolute Gasteiger partial charge is 0.493 e. The number of fused-ring (bicyclic) bond motifs is 1. The minimum absolute atomic E-state index is 0.154. The Morgan fingerprint density at radius 3 is 2.32 bits per heavy atom. The third-order valence-electron chi connectivity index (χ3n) is 3.73. The molecule has 3 rings (SSSR count). The highest BCUT2D eigenvalue weighted by molar-refractivity contribution is 5.88. The standard InChI is InChI=1S/C18H17N3O4/c1-11(22)20-12-4-6-13(7-5-12)21-10-19-15-9-17(25-3)16(24-2)8-14(15)18(21)23/h4-10H,1-3H3,(H,20,22). The Kier molecular flexibility index (Phi) is 4.38. The van der Waals surface area contributed by atoms with E-state index >= 15 is 0 Å². The van der Waals surface area contributed by atoms with E-state index in [0.717, 1.165) is 0 Å². The Bertz CT molecular complexity index is 994. The van der Waals surface area contributed by atoms with Crippen LogP contribution in [0.1, 0.15) is 6.92 Å². The Morgan fingerprint density at radius 2 is 1.72 bits per heavy atom. The summed E-state index contributed by atoms with van der Waals surface area (Å²) in [6.07, 6.45) is 1.46. The van der Waals surface area contributed by atoms with Crippen molar-refractivity contribution in [3.8, 4) is 17.2 Å². The molecule has 7 nitrogen and oxygen atoms in total. The van der Waals surface area contributed by atoms with Crippen LogP contribution in [-0.4, -0.2) is 29.7 Å². The van der Waals surface area contributed by atoms with Gasteiger partial charge in [-0.3, -0.25) is 14.2 Å². The molecule has 25 heavy (non-hydrogen) atoms. The van der Waals surface area contributed by atoms with Crippen molar-refractivity contribution >= 4 is 22.5 Å². The lowest BCUT2D eigenvalue weighted by Crippen LogP contribution is -2.19. The van der Waals surface area contributed by atoms with Gasteiger partial charge in [0.1, 0.15) is 6.33 Å². The second kappa shape index (κ2) is 6.64. The molecule has 0 aliphatic carbocycles. The van der Waals surface area contributed by atoms with Crippen LogP contribution in [0.25, 0.3) is 16.6 Å². The summed E-state index contributed by atoms with van der Waals surface area (Å²) in [5.41, 5.74) is 1.60. The molecule has 1 N–H and O–H groups in total. The lowest BCUT2D eigenvalue weighted by atomic mass is 10.2. The smallest absolute Gasteiger partial charge is 0.265 e. The molecular formula is C18H17N3O4. The number of amides is 1. The molecule has 7 heteroatoms. The number of ether oxygens (including phenoxy) is 2. The van der Waals surface area contributed by atoms with Gasteiger partial charge >= 0.3 is 0 Å². The SMILES string of the molecule is COc1cc2ncn(-c3ccc(NC(C)=O)cc3)c(=O)c2cc1OC. The minimum Gasteiger partial charge on any atom is -0.493 e. The summed E-state index contributed by atoms with van der Waals surface area (Å²) in [6.45, 7) is 1.44. The summed E-state index contributed by atoms with van der Waals surface area (Å²) in [5.74, 6) is 0.824.